The van der Waals surface area contributed by atoms with Crippen LogP contribution in [-0.4, -0.2) is 26.7 Å². The first kappa shape index (κ1) is 21.6. The number of urea groups is 1. The molecule has 158 valence electrons. The molecule has 30 heavy (non-hydrogen) atoms. The summed E-state index contributed by atoms with van der Waals surface area (Å²) in [5, 5.41) is 5.70. The first-order valence-electron chi connectivity index (χ1n) is 8.53. The van der Waals surface area contributed by atoms with Crippen LogP contribution in [0.3, 0.4) is 0 Å². The van der Waals surface area contributed by atoms with E-state index in [4.69, 9.17) is 0 Å². The topological polar surface area (TPSA) is 109 Å². The van der Waals surface area contributed by atoms with Gasteiger partial charge in [-0.05, 0) is 31.2 Å². The van der Waals surface area contributed by atoms with Gasteiger partial charge in [-0.1, -0.05) is 15.9 Å². The highest BCUT2D eigenvalue weighted by Crippen LogP contribution is 2.26. The van der Waals surface area contributed by atoms with Gasteiger partial charge in [-0.15, -0.1) is 0 Å². The molecule has 8 nitrogen and oxygen atoms in total. The number of carbonyl (C=O) groups is 1. The number of anilines is 1. The molecular weight excluding hydrogens is 471 g/mol. The van der Waals surface area contributed by atoms with E-state index in [1.807, 2.05) is 4.98 Å². The van der Waals surface area contributed by atoms with Crippen LogP contribution in [0.25, 0.3) is 10.9 Å². The minimum atomic E-state index is -4.64. The van der Waals surface area contributed by atoms with E-state index in [1.165, 1.54) is 0 Å². The van der Waals surface area contributed by atoms with E-state index >= 15 is 0 Å². The van der Waals surface area contributed by atoms with Crippen LogP contribution < -0.4 is 21.9 Å². The van der Waals surface area contributed by atoms with Crippen LogP contribution >= 0.6 is 15.9 Å². The molecule has 0 saturated carbocycles. The Morgan fingerprint density at radius 2 is 2.00 bits per heavy atom. The molecule has 3 aromatic rings. The van der Waals surface area contributed by atoms with Crippen LogP contribution in [0.2, 0.25) is 0 Å². The van der Waals surface area contributed by atoms with Gasteiger partial charge in [-0.3, -0.25) is 19.3 Å². The largest absolute Gasteiger partial charge is 0.406 e. The molecule has 3 rings (SSSR count). The second kappa shape index (κ2) is 8.30. The second-order valence-electron chi connectivity index (χ2n) is 6.44. The fourth-order valence-corrected chi connectivity index (χ4v) is 3.13. The van der Waals surface area contributed by atoms with Crippen LogP contribution in [0.5, 0.6) is 0 Å². The number of H-pyrrole nitrogens is 1. The molecule has 0 radical (unpaired) electrons. The minimum absolute atomic E-state index is 0.201. The Morgan fingerprint density at radius 1 is 1.27 bits per heavy atom. The van der Waals surface area contributed by atoms with Crippen molar-refractivity contribution in [1.82, 2.24) is 19.9 Å². The van der Waals surface area contributed by atoms with E-state index in [0.29, 0.717) is 26.9 Å². The van der Waals surface area contributed by atoms with Gasteiger partial charge in [0.25, 0.3) is 5.56 Å². The number of carbonyl (C=O) groups excluding carboxylic acids is 1. The lowest BCUT2D eigenvalue weighted by molar-refractivity contribution is -0.141. The Labute approximate surface area is 175 Å². The summed E-state index contributed by atoms with van der Waals surface area (Å²) in [4.78, 5) is 41.9. The zero-order chi connectivity index (χ0) is 22.1. The number of amides is 2. The van der Waals surface area contributed by atoms with Gasteiger partial charge < -0.3 is 10.6 Å². The number of halogens is 4. The molecule has 0 spiro atoms. The predicted octanol–water partition coefficient (Wildman–Crippen LogP) is 3.04. The number of fused-ring (bicyclic) bond motifs is 1. The van der Waals surface area contributed by atoms with Crippen LogP contribution in [0.15, 0.2) is 44.5 Å². The maximum absolute atomic E-state index is 12.6. The van der Waals surface area contributed by atoms with Crippen molar-refractivity contribution in [3.05, 3.63) is 67.0 Å². The molecule has 0 unspecified atom stereocenters. The minimum Gasteiger partial charge on any atom is -0.334 e. The number of nitrogens with zero attached hydrogens (tertiary/aromatic N) is 2. The Hall–Kier alpha value is -3.15. The van der Waals surface area contributed by atoms with Crippen molar-refractivity contribution in [2.45, 2.75) is 26.2 Å². The van der Waals surface area contributed by atoms with Crippen molar-refractivity contribution in [1.29, 1.82) is 0 Å². The summed E-state index contributed by atoms with van der Waals surface area (Å²) in [7, 11) is 0. The molecule has 1 aromatic carbocycles. The van der Waals surface area contributed by atoms with Gasteiger partial charge in [0.15, 0.2) is 0 Å². The summed E-state index contributed by atoms with van der Waals surface area (Å²) in [6.45, 7) is -0.183. The van der Waals surface area contributed by atoms with Crippen molar-refractivity contribution < 1.29 is 18.0 Å². The normalized spacial score (nSPS) is 11.5. The third-order valence-corrected chi connectivity index (χ3v) is 4.51. The van der Waals surface area contributed by atoms with Crippen molar-refractivity contribution >= 4 is 38.6 Å². The van der Waals surface area contributed by atoms with E-state index < -0.39 is 30.0 Å². The zero-order valence-electron chi connectivity index (χ0n) is 15.4. The molecule has 0 atom stereocenters. The molecule has 0 aliphatic rings. The lowest BCUT2D eigenvalue weighted by atomic mass is 10.1. The Bertz CT molecular complexity index is 1240. The quantitative estimate of drug-likeness (QED) is 0.527. The number of alkyl halides is 3. The molecule has 3 N–H and O–H groups in total. The number of benzene rings is 1. The van der Waals surface area contributed by atoms with Gasteiger partial charge in [0, 0.05) is 21.7 Å². The first-order chi connectivity index (χ1) is 14.0. The predicted molar refractivity (Wildman–Crippen MR) is 107 cm³/mol. The molecule has 2 heterocycles. The highest BCUT2D eigenvalue weighted by atomic mass is 79.9. The average molecular weight is 486 g/mol. The van der Waals surface area contributed by atoms with Gasteiger partial charge >= 0.3 is 17.9 Å². The number of hydrogen-bond donors (Lipinski definition) is 3. The second-order valence-corrected chi connectivity index (χ2v) is 7.35. The van der Waals surface area contributed by atoms with E-state index in [1.54, 1.807) is 31.2 Å². The highest BCUT2D eigenvalue weighted by molar-refractivity contribution is 9.10. The average Bonchev–Trinajstić information content (AvgIpc) is 2.62. The van der Waals surface area contributed by atoms with Crippen LogP contribution in [0.1, 0.15) is 11.3 Å². The third kappa shape index (κ3) is 5.26. The maximum Gasteiger partial charge on any atom is 0.406 e. The summed E-state index contributed by atoms with van der Waals surface area (Å²) < 4.78 is 38.8. The van der Waals surface area contributed by atoms with Crippen molar-refractivity contribution in [2.24, 2.45) is 0 Å². The molecule has 12 heteroatoms. The first-order valence-corrected chi connectivity index (χ1v) is 9.32. The van der Waals surface area contributed by atoms with Gasteiger partial charge in [-0.25, -0.2) is 9.59 Å². The monoisotopic (exact) mass is 485 g/mol. The van der Waals surface area contributed by atoms with Crippen molar-refractivity contribution in [3.63, 3.8) is 0 Å². The molecule has 0 saturated heterocycles. The SMILES string of the molecule is Cc1cc(NC(=O)NCc2cn(CC(F)(F)F)c(=O)[nH]c2=O)c2cc(Br)ccc2n1. The standard InChI is InChI=1S/C18H15BrF3N5O3/c1-9-4-14(12-5-11(19)2-3-13(12)24-9)25-16(29)23-6-10-7-27(8-18(20,21)22)17(30)26-15(10)28/h2-5,7H,6,8H2,1H3,(H,26,28,30)(H2,23,24,25,29). The molecule has 0 bridgehead atoms. The van der Waals surface area contributed by atoms with E-state index in [9.17, 15) is 27.6 Å². The molecule has 2 amide bonds. The van der Waals surface area contributed by atoms with Crippen LogP contribution in [0.4, 0.5) is 23.7 Å². The fraction of sp³-hybridized carbons (Fsp3) is 0.222. The van der Waals surface area contributed by atoms with E-state index in [-0.39, 0.29) is 12.1 Å². The molecular formula is C18H15BrF3N5O3. The van der Waals surface area contributed by atoms with Gasteiger partial charge in [0.1, 0.15) is 6.54 Å². The number of nitrogens with one attached hydrogen (secondary N) is 3. The molecule has 2 aromatic heterocycles. The molecule has 0 fully saturated rings. The maximum atomic E-state index is 12.6. The summed E-state index contributed by atoms with van der Waals surface area (Å²) in [6.07, 6.45) is -3.86. The Morgan fingerprint density at radius 3 is 2.70 bits per heavy atom. The smallest absolute Gasteiger partial charge is 0.334 e. The van der Waals surface area contributed by atoms with Crippen LogP contribution in [0, 0.1) is 6.92 Å². The fourth-order valence-electron chi connectivity index (χ4n) is 2.77. The van der Waals surface area contributed by atoms with Crippen molar-refractivity contribution in [2.75, 3.05) is 5.32 Å². The summed E-state index contributed by atoms with van der Waals surface area (Å²) >= 11 is 3.35. The summed E-state index contributed by atoms with van der Waals surface area (Å²) in [6, 6.07) is 6.33. The number of rotatable bonds is 4. The number of hydrogen-bond acceptors (Lipinski definition) is 4. The number of aromatic nitrogens is 3. The van der Waals surface area contributed by atoms with Crippen molar-refractivity contribution in [3.8, 4) is 0 Å². The molecule has 0 aliphatic heterocycles. The van der Waals surface area contributed by atoms with Crippen LogP contribution in [-0.2, 0) is 13.1 Å². The Kier molecular flexibility index (Phi) is 5.97. The third-order valence-electron chi connectivity index (χ3n) is 4.02. The summed E-state index contributed by atoms with van der Waals surface area (Å²) in [5.41, 5.74) is -0.484. The lowest BCUT2D eigenvalue weighted by Gasteiger charge is -2.12. The number of pyridine rings is 1. The Balaban J connectivity index is 1.78. The van der Waals surface area contributed by atoms with Gasteiger partial charge in [0.05, 0.1) is 23.3 Å². The lowest BCUT2D eigenvalue weighted by Crippen LogP contribution is -2.37. The van der Waals surface area contributed by atoms with E-state index in [0.717, 1.165) is 10.7 Å². The molecule has 0 aliphatic carbocycles. The van der Waals surface area contributed by atoms with E-state index in [2.05, 4.69) is 31.5 Å². The van der Waals surface area contributed by atoms with Gasteiger partial charge in [0.2, 0.25) is 0 Å². The van der Waals surface area contributed by atoms with Gasteiger partial charge in [-0.2, -0.15) is 13.2 Å². The number of aromatic amines is 1. The number of aryl methyl sites for hydroxylation is 1. The zero-order valence-corrected chi connectivity index (χ0v) is 17.0. The summed E-state index contributed by atoms with van der Waals surface area (Å²) in [5.74, 6) is 0. The highest BCUT2D eigenvalue weighted by Gasteiger charge is 2.28.